The van der Waals surface area contributed by atoms with Gasteiger partial charge in [-0.15, -0.1) is 0 Å². The van der Waals surface area contributed by atoms with Crippen LogP contribution in [0.3, 0.4) is 0 Å². The van der Waals surface area contributed by atoms with Gasteiger partial charge in [-0.05, 0) is 25.8 Å². The van der Waals surface area contributed by atoms with Gasteiger partial charge in [-0.1, -0.05) is 0 Å². The molecule has 1 aliphatic carbocycles. The SMILES string of the molecule is NCC1CCCC1Oc1nccn2nc(C(F)(F)F)cc12. The van der Waals surface area contributed by atoms with Crippen molar-refractivity contribution in [2.75, 3.05) is 6.54 Å². The highest BCUT2D eigenvalue weighted by atomic mass is 19.4. The number of nitrogens with zero attached hydrogens (tertiary/aromatic N) is 3. The van der Waals surface area contributed by atoms with Crippen LogP contribution in [0.2, 0.25) is 0 Å². The quantitative estimate of drug-likeness (QED) is 0.944. The third-order valence-electron chi connectivity index (χ3n) is 3.80. The molecule has 0 radical (unpaired) electrons. The van der Waals surface area contributed by atoms with Gasteiger partial charge in [0.05, 0.1) is 0 Å². The van der Waals surface area contributed by atoms with Crippen molar-refractivity contribution in [2.45, 2.75) is 31.5 Å². The molecule has 0 bridgehead atoms. The van der Waals surface area contributed by atoms with Crippen molar-refractivity contribution in [1.29, 1.82) is 0 Å². The van der Waals surface area contributed by atoms with E-state index in [-0.39, 0.29) is 23.4 Å². The summed E-state index contributed by atoms with van der Waals surface area (Å²) in [5.41, 5.74) is 4.94. The van der Waals surface area contributed by atoms with Gasteiger partial charge in [0.2, 0.25) is 5.88 Å². The Morgan fingerprint density at radius 2 is 2.19 bits per heavy atom. The van der Waals surface area contributed by atoms with Gasteiger partial charge in [0, 0.05) is 24.4 Å². The minimum Gasteiger partial charge on any atom is -0.472 e. The van der Waals surface area contributed by atoms with Crippen LogP contribution >= 0.6 is 0 Å². The zero-order valence-corrected chi connectivity index (χ0v) is 11.2. The summed E-state index contributed by atoms with van der Waals surface area (Å²) < 4.78 is 45.1. The lowest BCUT2D eigenvalue weighted by Gasteiger charge is -2.19. The molecular formula is C13H15F3N4O. The minimum atomic E-state index is -4.49. The largest absolute Gasteiger partial charge is 0.472 e. The average molecular weight is 300 g/mol. The summed E-state index contributed by atoms with van der Waals surface area (Å²) >= 11 is 0. The summed E-state index contributed by atoms with van der Waals surface area (Å²) in [5.74, 6) is 0.392. The second-order valence-electron chi connectivity index (χ2n) is 5.17. The van der Waals surface area contributed by atoms with Crippen LogP contribution in [0.25, 0.3) is 5.52 Å². The topological polar surface area (TPSA) is 65.4 Å². The Labute approximate surface area is 118 Å². The molecule has 2 aromatic rings. The first-order chi connectivity index (χ1) is 9.99. The van der Waals surface area contributed by atoms with Crippen molar-refractivity contribution in [2.24, 2.45) is 11.7 Å². The van der Waals surface area contributed by atoms with Crippen LogP contribution < -0.4 is 10.5 Å². The highest BCUT2D eigenvalue weighted by Crippen LogP contribution is 2.33. The molecule has 0 aromatic carbocycles. The van der Waals surface area contributed by atoms with Crippen LogP contribution in [-0.4, -0.2) is 27.2 Å². The number of hydrogen-bond acceptors (Lipinski definition) is 4. The third kappa shape index (κ3) is 2.67. The molecule has 0 aliphatic heterocycles. The maximum atomic E-state index is 12.7. The summed E-state index contributed by atoms with van der Waals surface area (Å²) in [6.45, 7) is 0.501. The van der Waals surface area contributed by atoms with E-state index in [1.54, 1.807) is 0 Å². The number of ether oxygens (including phenoxy) is 1. The number of halogens is 3. The normalized spacial score (nSPS) is 22.9. The molecule has 1 fully saturated rings. The van der Waals surface area contributed by atoms with Crippen molar-refractivity contribution >= 4 is 5.52 Å². The number of alkyl halides is 3. The highest BCUT2D eigenvalue weighted by molar-refractivity contribution is 5.57. The molecule has 5 nitrogen and oxygen atoms in total. The van der Waals surface area contributed by atoms with Crippen LogP contribution in [0, 0.1) is 5.92 Å². The van der Waals surface area contributed by atoms with Crippen molar-refractivity contribution in [3.05, 3.63) is 24.2 Å². The van der Waals surface area contributed by atoms with Gasteiger partial charge in [-0.2, -0.15) is 18.3 Å². The van der Waals surface area contributed by atoms with Gasteiger partial charge >= 0.3 is 6.18 Å². The van der Waals surface area contributed by atoms with E-state index < -0.39 is 11.9 Å². The molecule has 8 heteroatoms. The summed E-state index contributed by atoms with van der Waals surface area (Å²) in [6.07, 6.45) is 0.966. The lowest BCUT2D eigenvalue weighted by molar-refractivity contribution is -0.141. The molecule has 0 spiro atoms. The van der Waals surface area contributed by atoms with Gasteiger partial charge in [-0.3, -0.25) is 0 Å². The Morgan fingerprint density at radius 3 is 2.90 bits per heavy atom. The van der Waals surface area contributed by atoms with E-state index >= 15 is 0 Å². The molecule has 2 N–H and O–H groups in total. The molecule has 0 amide bonds. The second kappa shape index (κ2) is 5.18. The highest BCUT2D eigenvalue weighted by Gasteiger charge is 2.35. The van der Waals surface area contributed by atoms with Crippen LogP contribution in [0.5, 0.6) is 5.88 Å². The van der Waals surface area contributed by atoms with E-state index in [9.17, 15) is 13.2 Å². The minimum absolute atomic E-state index is 0.0991. The maximum absolute atomic E-state index is 12.7. The molecule has 0 saturated heterocycles. The Morgan fingerprint density at radius 1 is 1.38 bits per heavy atom. The molecule has 21 heavy (non-hydrogen) atoms. The molecule has 1 aliphatic rings. The number of aromatic nitrogens is 3. The van der Waals surface area contributed by atoms with Crippen molar-refractivity contribution in [1.82, 2.24) is 14.6 Å². The molecule has 2 aromatic heterocycles. The van der Waals surface area contributed by atoms with Crippen molar-refractivity contribution in [3.63, 3.8) is 0 Å². The zero-order valence-electron chi connectivity index (χ0n) is 11.2. The fourth-order valence-electron chi connectivity index (χ4n) is 2.70. The predicted molar refractivity (Wildman–Crippen MR) is 68.8 cm³/mol. The first kappa shape index (κ1) is 14.1. The Hall–Kier alpha value is -1.83. The first-order valence-electron chi connectivity index (χ1n) is 6.77. The van der Waals surface area contributed by atoms with Crippen LogP contribution in [-0.2, 0) is 6.18 Å². The Balaban J connectivity index is 1.93. The fraction of sp³-hybridized carbons (Fsp3) is 0.538. The lowest BCUT2D eigenvalue weighted by atomic mass is 10.1. The van der Waals surface area contributed by atoms with Crippen LogP contribution in [0.4, 0.5) is 13.2 Å². The molecule has 2 atom stereocenters. The van der Waals surface area contributed by atoms with Gasteiger partial charge in [0.25, 0.3) is 0 Å². The first-order valence-corrected chi connectivity index (χ1v) is 6.77. The van der Waals surface area contributed by atoms with Gasteiger partial charge in [0.1, 0.15) is 11.6 Å². The molecular weight excluding hydrogens is 285 g/mol. The number of fused-ring (bicyclic) bond motifs is 1. The predicted octanol–water partition coefficient (Wildman–Crippen LogP) is 2.25. The number of nitrogens with two attached hydrogens (primary N) is 1. The van der Waals surface area contributed by atoms with E-state index in [4.69, 9.17) is 10.5 Å². The van der Waals surface area contributed by atoms with Gasteiger partial charge in [-0.25, -0.2) is 9.50 Å². The Bertz CT molecular complexity index is 640. The van der Waals surface area contributed by atoms with Crippen LogP contribution in [0.1, 0.15) is 25.0 Å². The second-order valence-corrected chi connectivity index (χ2v) is 5.17. The summed E-state index contributed by atoms with van der Waals surface area (Å²) in [7, 11) is 0. The smallest absolute Gasteiger partial charge is 0.435 e. The van der Waals surface area contributed by atoms with E-state index in [1.807, 2.05) is 0 Å². The van der Waals surface area contributed by atoms with Crippen molar-refractivity contribution < 1.29 is 17.9 Å². The molecule has 1 saturated carbocycles. The lowest BCUT2D eigenvalue weighted by Crippen LogP contribution is -2.28. The molecule has 114 valence electrons. The Kier molecular flexibility index (Phi) is 3.48. The van der Waals surface area contributed by atoms with E-state index in [1.165, 1.54) is 12.4 Å². The summed E-state index contributed by atoms with van der Waals surface area (Å²) in [4.78, 5) is 4.04. The van der Waals surface area contributed by atoms with Crippen molar-refractivity contribution in [3.8, 4) is 5.88 Å². The summed E-state index contributed by atoms with van der Waals surface area (Å²) in [6, 6.07) is 0.953. The van der Waals surface area contributed by atoms with E-state index in [0.717, 1.165) is 29.8 Å². The molecule has 2 heterocycles. The monoisotopic (exact) mass is 300 g/mol. The fourth-order valence-corrected chi connectivity index (χ4v) is 2.70. The maximum Gasteiger partial charge on any atom is 0.435 e. The van der Waals surface area contributed by atoms with Gasteiger partial charge in [0.15, 0.2) is 5.69 Å². The van der Waals surface area contributed by atoms with E-state index in [0.29, 0.717) is 6.54 Å². The van der Waals surface area contributed by atoms with E-state index in [2.05, 4.69) is 10.1 Å². The third-order valence-corrected chi connectivity index (χ3v) is 3.80. The average Bonchev–Trinajstić information content (AvgIpc) is 3.04. The standard InChI is InChI=1S/C13H15F3N4O/c14-13(15,16)11-6-9-12(18-4-5-20(9)19-11)21-10-3-1-2-8(10)7-17/h4-6,8,10H,1-3,7,17H2. The number of hydrogen-bond donors (Lipinski definition) is 1. The zero-order chi connectivity index (χ0) is 15.0. The number of rotatable bonds is 3. The molecule has 3 rings (SSSR count). The molecule has 2 unspecified atom stereocenters. The van der Waals surface area contributed by atoms with Gasteiger partial charge < -0.3 is 10.5 Å². The van der Waals surface area contributed by atoms with Crippen LogP contribution in [0.15, 0.2) is 18.5 Å². The summed E-state index contributed by atoms with van der Waals surface area (Å²) in [5, 5.41) is 3.51.